The van der Waals surface area contributed by atoms with Crippen molar-refractivity contribution in [1.82, 2.24) is 0 Å². The van der Waals surface area contributed by atoms with Crippen molar-refractivity contribution in [2.45, 2.75) is 83.1 Å². The van der Waals surface area contributed by atoms with Crippen molar-refractivity contribution >= 4 is 118 Å². The van der Waals surface area contributed by atoms with E-state index in [2.05, 4.69) is 204 Å². The van der Waals surface area contributed by atoms with Gasteiger partial charge in [0.1, 0.15) is 0 Å². The van der Waals surface area contributed by atoms with Crippen LogP contribution in [0.25, 0.3) is 163 Å². The highest BCUT2D eigenvalue weighted by atomic mass is 14.4. The predicted molar refractivity (Wildman–Crippen MR) is 325 cm³/mol. The van der Waals surface area contributed by atoms with E-state index in [0.717, 1.165) is 0 Å². The van der Waals surface area contributed by atoms with Gasteiger partial charge in [-0.3, -0.25) is 0 Å². The number of hydrogen-bond donors (Lipinski definition) is 0. The molecular formula is C74H56. The highest BCUT2D eigenvalue weighted by molar-refractivity contribution is 6.60. The molecule has 16 rings (SSSR count). The van der Waals surface area contributed by atoms with Crippen molar-refractivity contribution in [3.8, 4) is 44.5 Å². The van der Waals surface area contributed by atoms with Gasteiger partial charge in [0.05, 0.1) is 0 Å². The molecule has 0 amide bonds. The average Bonchev–Trinajstić information content (AvgIpc) is 3.44. The predicted octanol–water partition coefficient (Wildman–Crippen LogP) is 21.4. The third kappa shape index (κ3) is 4.96. The summed E-state index contributed by atoms with van der Waals surface area (Å²) in [6.45, 7) is 27.6. The highest BCUT2D eigenvalue weighted by Crippen LogP contribution is 2.62. The van der Waals surface area contributed by atoms with E-state index in [1.54, 1.807) is 0 Å². The third-order valence-electron chi connectivity index (χ3n) is 19.0. The van der Waals surface area contributed by atoms with Crippen LogP contribution in [0.1, 0.15) is 66.8 Å². The van der Waals surface area contributed by atoms with Gasteiger partial charge in [-0.05, 0) is 302 Å². The minimum atomic E-state index is 1.29. The van der Waals surface area contributed by atoms with Gasteiger partial charge in [-0.15, -0.1) is 0 Å². The zero-order valence-corrected chi connectivity index (χ0v) is 44.5. The minimum Gasteiger partial charge on any atom is -0.0557 e. The van der Waals surface area contributed by atoms with Crippen LogP contribution in [0.3, 0.4) is 0 Å². The molecule has 0 heteroatoms. The molecule has 16 aromatic carbocycles. The molecule has 0 aliphatic heterocycles. The quantitative estimate of drug-likeness (QED) is 0.122. The van der Waals surface area contributed by atoms with E-state index < -0.39 is 0 Å². The van der Waals surface area contributed by atoms with Gasteiger partial charge in [-0.2, -0.15) is 0 Å². The average molecular weight is 945 g/mol. The van der Waals surface area contributed by atoms with Gasteiger partial charge in [0.2, 0.25) is 0 Å². The molecule has 352 valence electrons. The molecule has 0 aliphatic carbocycles. The molecule has 74 heavy (non-hydrogen) atoms. The largest absolute Gasteiger partial charge is 0.0557 e. The van der Waals surface area contributed by atoms with E-state index in [-0.39, 0.29) is 0 Å². The van der Waals surface area contributed by atoms with E-state index in [0.29, 0.717) is 0 Å². The summed E-state index contributed by atoms with van der Waals surface area (Å²) in [7, 11) is 0. The number of aryl methyl sites for hydroxylation is 10. The first-order valence-corrected chi connectivity index (χ1v) is 26.8. The summed E-state index contributed by atoms with van der Waals surface area (Å²) in [5.41, 5.74) is 26.7. The van der Waals surface area contributed by atoms with Crippen LogP contribution >= 0.6 is 0 Å². The van der Waals surface area contributed by atoms with Crippen LogP contribution in [-0.2, 0) is 0 Å². The fourth-order valence-corrected chi connectivity index (χ4v) is 15.8. The van der Waals surface area contributed by atoms with Gasteiger partial charge in [0.25, 0.3) is 0 Å². The standard InChI is InChI=1S/C74H56/c1-33-25-39(7)57(40(8)26-33)63-53-19-15-45-13-18-52-62-50(48-31-37(5)44(12)38(6)32-48)22-24-56-64(58-41(9)27-34(2)28-42(58)10)54-20-16-46-14-17-51-61-49(47-29-35(3)43(11)36(4)30-47)21-23-55(63)69(61)71-65(53)59(45)67(52)74-72(70(56)62)66(54)60(46)68(51)73(71)74/h13-32H,1-12H3. The molecule has 0 radical (unpaired) electrons. The second-order valence-corrected chi connectivity index (χ2v) is 23.2. The van der Waals surface area contributed by atoms with Crippen LogP contribution < -0.4 is 0 Å². The maximum atomic E-state index is 2.51. The number of fused-ring (bicyclic) bond motifs is 2. The molecule has 0 nitrogen and oxygen atoms in total. The van der Waals surface area contributed by atoms with E-state index in [1.807, 2.05) is 0 Å². The van der Waals surface area contributed by atoms with Gasteiger partial charge in [-0.1, -0.05) is 132 Å². The lowest BCUT2D eigenvalue weighted by Crippen LogP contribution is -2.03. The van der Waals surface area contributed by atoms with Crippen LogP contribution in [0.5, 0.6) is 0 Å². The van der Waals surface area contributed by atoms with Gasteiger partial charge in [0.15, 0.2) is 0 Å². The zero-order chi connectivity index (χ0) is 50.4. The summed E-state index contributed by atoms with van der Waals surface area (Å²) in [5.74, 6) is 0. The summed E-state index contributed by atoms with van der Waals surface area (Å²) in [5, 5.41) is 30.5. The maximum absolute atomic E-state index is 2.51. The SMILES string of the molecule is Cc1cc(C)c(-c2c3ccc(-c4cc(C)c(C)c(C)c4)c4c5ccc6ccc7c(-c8c(C)cc(C)cc8C)c8ccc(-c9cc(C)c(C)c(C)c9)c9c%10ccc%11ccc2c2c%11c%10c%10c(c89)c7c6c5c%10c2c34)c(C)c1. The van der Waals surface area contributed by atoms with E-state index in [1.165, 1.54) is 230 Å². The Bertz CT molecular complexity index is 4750. The first kappa shape index (κ1) is 42.4. The molecule has 0 unspecified atom stereocenters. The molecule has 0 bridgehead atoms. The van der Waals surface area contributed by atoms with Gasteiger partial charge in [-0.25, -0.2) is 0 Å². The zero-order valence-electron chi connectivity index (χ0n) is 44.5. The second kappa shape index (κ2) is 14.0. The van der Waals surface area contributed by atoms with Crippen LogP contribution in [0.15, 0.2) is 121 Å². The second-order valence-electron chi connectivity index (χ2n) is 23.2. The highest BCUT2D eigenvalue weighted by Gasteiger charge is 2.34. The van der Waals surface area contributed by atoms with Crippen molar-refractivity contribution in [1.29, 1.82) is 0 Å². The summed E-state index contributed by atoms with van der Waals surface area (Å²) < 4.78 is 0. The van der Waals surface area contributed by atoms with E-state index in [9.17, 15) is 0 Å². The molecule has 0 aliphatic rings. The Morgan fingerprint density at radius 2 is 0.473 bits per heavy atom. The summed E-state index contributed by atoms with van der Waals surface area (Å²) >= 11 is 0. The molecule has 0 N–H and O–H groups in total. The lowest BCUT2D eigenvalue weighted by atomic mass is 9.71. The smallest absolute Gasteiger partial charge is 0.0000246 e. The fourth-order valence-electron chi connectivity index (χ4n) is 15.8. The van der Waals surface area contributed by atoms with E-state index in [4.69, 9.17) is 0 Å². The Balaban J connectivity index is 1.27. The molecule has 16 aromatic rings. The lowest BCUT2D eigenvalue weighted by molar-refractivity contribution is 1.27. The Morgan fingerprint density at radius 3 is 0.811 bits per heavy atom. The maximum Gasteiger partial charge on any atom is -0.0000246 e. The summed E-state index contributed by atoms with van der Waals surface area (Å²) in [6, 6.07) is 49.3. The molecule has 0 aromatic heterocycles. The topological polar surface area (TPSA) is 0 Å². The van der Waals surface area contributed by atoms with Gasteiger partial charge >= 0.3 is 0 Å². The molecule has 0 fully saturated rings. The van der Waals surface area contributed by atoms with Crippen molar-refractivity contribution in [2.75, 3.05) is 0 Å². The Labute approximate surface area is 431 Å². The molecule has 0 saturated heterocycles. The van der Waals surface area contributed by atoms with Crippen molar-refractivity contribution in [3.63, 3.8) is 0 Å². The normalized spacial score (nSPS) is 12.9. The number of hydrogen-bond acceptors (Lipinski definition) is 0. The monoisotopic (exact) mass is 944 g/mol. The van der Waals surface area contributed by atoms with Crippen LogP contribution in [0.2, 0.25) is 0 Å². The summed E-state index contributed by atoms with van der Waals surface area (Å²) in [6.07, 6.45) is 0. The molecule has 0 spiro atoms. The lowest BCUT2D eigenvalue weighted by Gasteiger charge is -2.31. The van der Waals surface area contributed by atoms with E-state index >= 15 is 0 Å². The number of rotatable bonds is 4. The fraction of sp³-hybridized carbons (Fsp3) is 0.162. The van der Waals surface area contributed by atoms with Gasteiger partial charge < -0.3 is 0 Å². The van der Waals surface area contributed by atoms with Crippen molar-refractivity contribution < 1.29 is 0 Å². The Kier molecular flexibility index (Phi) is 8.00. The molecule has 0 atom stereocenters. The van der Waals surface area contributed by atoms with Crippen LogP contribution in [-0.4, -0.2) is 0 Å². The van der Waals surface area contributed by atoms with Crippen molar-refractivity contribution in [2.24, 2.45) is 0 Å². The third-order valence-corrected chi connectivity index (χ3v) is 19.0. The van der Waals surface area contributed by atoms with Crippen LogP contribution in [0.4, 0.5) is 0 Å². The molecule has 0 heterocycles. The van der Waals surface area contributed by atoms with Crippen molar-refractivity contribution in [3.05, 3.63) is 188 Å². The molecule has 0 saturated carbocycles. The minimum absolute atomic E-state index is 1.29. The first-order chi connectivity index (χ1) is 35.7. The van der Waals surface area contributed by atoms with Crippen LogP contribution in [0, 0.1) is 83.1 Å². The Morgan fingerprint density at radius 1 is 0.203 bits per heavy atom. The number of benzene rings is 16. The molecular weight excluding hydrogens is 889 g/mol. The Hall–Kier alpha value is -8.06. The summed E-state index contributed by atoms with van der Waals surface area (Å²) in [4.78, 5) is 0. The van der Waals surface area contributed by atoms with Gasteiger partial charge in [0, 0.05) is 0 Å². The first-order valence-electron chi connectivity index (χ1n) is 26.8.